The van der Waals surface area contributed by atoms with Gasteiger partial charge in [-0.3, -0.25) is 14.4 Å². The molecule has 11 heteroatoms. The predicted molar refractivity (Wildman–Crippen MR) is 126 cm³/mol. The lowest BCUT2D eigenvalue weighted by Crippen LogP contribution is -2.50. The monoisotopic (exact) mass is 466 g/mol. The van der Waals surface area contributed by atoms with Crippen LogP contribution in [0.1, 0.15) is 28.5 Å². The van der Waals surface area contributed by atoms with Crippen molar-refractivity contribution in [1.82, 2.24) is 39.5 Å². The summed E-state index contributed by atoms with van der Waals surface area (Å²) in [6, 6.07) is 9.28. The molecule has 1 N–H and O–H groups in total. The summed E-state index contributed by atoms with van der Waals surface area (Å²) in [6.07, 6.45) is 8.77. The molecule has 1 fully saturated rings. The van der Waals surface area contributed by atoms with E-state index in [9.17, 15) is 10.1 Å². The average molecular weight is 467 g/mol. The fraction of sp³-hybridized carbons (Fsp3) is 0.292. The van der Waals surface area contributed by atoms with Crippen LogP contribution in [-0.2, 0) is 0 Å². The number of hydrogen-bond acceptors (Lipinski definition) is 8. The summed E-state index contributed by atoms with van der Waals surface area (Å²) < 4.78 is 1.83. The molecule has 1 amide bonds. The molecule has 1 saturated heterocycles. The maximum Gasteiger partial charge on any atom is 0.272 e. The quantitative estimate of drug-likeness (QED) is 0.454. The van der Waals surface area contributed by atoms with E-state index in [0.29, 0.717) is 50.4 Å². The number of carbonyl (C=O) groups is 1. The smallest absolute Gasteiger partial charge is 0.272 e. The zero-order valence-electron chi connectivity index (χ0n) is 18.9. The molecule has 4 aromatic rings. The number of pyridine rings is 1. The molecule has 1 atom stereocenters. The molecule has 174 valence electrons. The molecule has 35 heavy (non-hydrogen) atoms. The van der Waals surface area contributed by atoms with Crippen LogP contribution >= 0.6 is 0 Å². The first-order valence-corrected chi connectivity index (χ1v) is 11.2. The first-order valence-electron chi connectivity index (χ1n) is 11.2. The second-order valence-electron chi connectivity index (χ2n) is 8.32. The molecule has 0 radical (unpaired) electrons. The topological polar surface area (TPSA) is 143 Å². The van der Waals surface area contributed by atoms with Crippen molar-refractivity contribution in [2.24, 2.45) is 0 Å². The van der Waals surface area contributed by atoms with Crippen LogP contribution in [0.4, 0.5) is 0 Å². The number of aromatic amines is 1. The Bertz CT molecular complexity index is 1420. The Labute approximate surface area is 201 Å². The second kappa shape index (κ2) is 9.71. The van der Waals surface area contributed by atoms with Crippen LogP contribution in [0.15, 0.2) is 49.3 Å². The van der Waals surface area contributed by atoms with Crippen molar-refractivity contribution in [3.63, 3.8) is 0 Å². The van der Waals surface area contributed by atoms with Crippen LogP contribution < -0.4 is 0 Å². The molecule has 0 aromatic carbocycles. The van der Waals surface area contributed by atoms with E-state index in [1.807, 2.05) is 29.2 Å². The Morgan fingerprint density at radius 2 is 1.94 bits per heavy atom. The van der Waals surface area contributed by atoms with Crippen molar-refractivity contribution in [2.75, 3.05) is 32.7 Å². The van der Waals surface area contributed by atoms with Crippen molar-refractivity contribution < 1.29 is 4.79 Å². The number of amides is 1. The second-order valence-corrected chi connectivity index (χ2v) is 8.32. The van der Waals surface area contributed by atoms with E-state index in [4.69, 9.17) is 5.26 Å². The predicted octanol–water partition coefficient (Wildman–Crippen LogP) is 2.00. The van der Waals surface area contributed by atoms with Gasteiger partial charge in [-0.1, -0.05) is 0 Å². The minimum Gasteiger partial charge on any atom is -0.346 e. The van der Waals surface area contributed by atoms with Gasteiger partial charge in [-0.2, -0.15) is 15.6 Å². The number of fused-ring (bicyclic) bond motifs is 1. The first-order chi connectivity index (χ1) is 17.2. The van der Waals surface area contributed by atoms with Gasteiger partial charge in [0.1, 0.15) is 23.7 Å². The van der Waals surface area contributed by atoms with Gasteiger partial charge in [0.25, 0.3) is 5.91 Å². The number of rotatable bonds is 6. The van der Waals surface area contributed by atoms with Crippen LogP contribution in [0, 0.1) is 22.7 Å². The number of carbonyl (C=O) groups excluding carboxylic acids is 1. The summed E-state index contributed by atoms with van der Waals surface area (Å²) in [4.78, 5) is 32.6. The van der Waals surface area contributed by atoms with E-state index < -0.39 is 0 Å². The van der Waals surface area contributed by atoms with Crippen LogP contribution in [0.25, 0.3) is 22.3 Å². The highest BCUT2D eigenvalue weighted by Crippen LogP contribution is 2.26. The number of piperazine rings is 1. The van der Waals surface area contributed by atoms with Crippen LogP contribution in [0.5, 0.6) is 0 Å². The highest BCUT2D eigenvalue weighted by atomic mass is 16.2. The maximum atomic E-state index is 12.8. The van der Waals surface area contributed by atoms with Gasteiger partial charge in [-0.25, -0.2) is 15.0 Å². The number of hydrogen-bond donors (Lipinski definition) is 1. The lowest BCUT2D eigenvalue weighted by molar-refractivity contribution is 0.0611. The van der Waals surface area contributed by atoms with Crippen molar-refractivity contribution in [3.05, 3.63) is 60.6 Å². The van der Waals surface area contributed by atoms with Crippen LogP contribution in [0.3, 0.4) is 0 Å². The summed E-state index contributed by atoms with van der Waals surface area (Å²) in [5.74, 6) is -0.139. The molecule has 0 saturated carbocycles. The largest absolute Gasteiger partial charge is 0.346 e. The molecule has 5 rings (SSSR count). The van der Waals surface area contributed by atoms with Crippen molar-refractivity contribution in [1.29, 1.82) is 10.5 Å². The Morgan fingerprint density at radius 1 is 1.09 bits per heavy atom. The molecular weight excluding hydrogens is 444 g/mol. The van der Waals surface area contributed by atoms with Gasteiger partial charge in [0.05, 0.1) is 36.0 Å². The Kier molecular flexibility index (Phi) is 6.16. The molecule has 11 nitrogen and oxygen atoms in total. The zero-order chi connectivity index (χ0) is 24.2. The summed E-state index contributed by atoms with van der Waals surface area (Å²) in [5.41, 5.74) is 3.19. The minimum absolute atomic E-state index is 0.125. The molecule has 4 aromatic heterocycles. The average Bonchev–Trinajstić information content (AvgIpc) is 3.59. The van der Waals surface area contributed by atoms with E-state index >= 15 is 0 Å². The van der Waals surface area contributed by atoms with Crippen molar-refractivity contribution >= 4 is 16.9 Å². The Balaban J connectivity index is 1.24. The Hall–Kier alpha value is -4.61. The van der Waals surface area contributed by atoms with Crippen LogP contribution in [-0.4, -0.2) is 78.1 Å². The Morgan fingerprint density at radius 3 is 2.69 bits per heavy atom. The van der Waals surface area contributed by atoms with Gasteiger partial charge in [0.2, 0.25) is 0 Å². The van der Waals surface area contributed by atoms with Gasteiger partial charge < -0.3 is 9.88 Å². The number of H-pyrrole nitrogens is 1. The SMILES string of the molecule is N#CCC(CN1CCN(C(=O)c2ccc(C#N)cn2)CC1)n1cc(-c2ncnc3[nH]ccc23)cn1. The van der Waals surface area contributed by atoms with E-state index in [-0.39, 0.29) is 11.9 Å². The molecule has 0 bridgehead atoms. The zero-order valence-corrected chi connectivity index (χ0v) is 18.9. The summed E-state index contributed by atoms with van der Waals surface area (Å²) in [5, 5.41) is 23.8. The number of nitrogens with one attached hydrogen (secondary N) is 1. The van der Waals surface area contributed by atoms with Crippen molar-refractivity contribution in [2.45, 2.75) is 12.5 Å². The van der Waals surface area contributed by atoms with Crippen LogP contribution in [0.2, 0.25) is 0 Å². The number of nitriles is 2. The third-order valence-corrected chi connectivity index (χ3v) is 6.17. The van der Waals surface area contributed by atoms with E-state index in [1.165, 1.54) is 12.5 Å². The lowest BCUT2D eigenvalue weighted by Gasteiger charge is -2.36. The van der Waals surface area contributed by atoms with E-state index in [2.05, 4.69) is 36.0 Å². The summed E-state index contributed by atoms with van der Waals surface area (Å²) in [6.45, 7) is 3.16. The van der Waals surface area contributed by atoms with E-state index in [1.54, 1.807) is 23.2 Å². The highest BCUT2D eigenvalue weighted by molar-refractivity contribution is 5.92. The molecular formula is C24H22N10O. The van der Waals surface area contributed by atoms with Crippen molar-refractivity contribution in [3.8, 4) is 23.4 Å². The molecule has 0 aliphatic carbocycles. The minimum atomic E-state index is -0.139. The van der Waals surface area contributed by atoms with Gasteiger partial charge in [-0.05, 0) is 18.2 Å². The third-order valence-electron chi connectivity index (χ3n) is 6.17. The third kappa shape index (κ3) is 4.58. The van der Waals surface area contributed by atoms with Gasteiger partial charge in [0, 0.05) is 62.3 Å². The van der Waals surface area contributed by atoms with Gasteiger partial charge >= 0.3 is 0 Å². The fourth-order valence-electron chi connectivity index (χ4n) is 4.29. The summed E-state index contributed by atoms with van der Waals surface area (Å²) >= 11 is 0. The normalized spacial score (nSPS) is 15.0. The van der Waals surface area contributed by atoms with E-state index in [0.717, 1.165) is 22.3 Å². The first kappa shape index (κ1) is 22.2. The highest BCUT2D eigenvalue weighted by Gasteiger charge is 2.25. The van der Waals surface area contributed by atoms with Gasteiger partial charge in [0.15, 0.2) is 0 Å². The molecule has 1 aliphatic heterocycles. The fourth-order valence-corrected chi connectivity index (χ4v) is 4.29. The number of nitrogens with zero attached hydrogens (tertiary/aromatic N) is 9. The maximum absolute atomic E-state index is 12.8. The molecule has 5 heterocycles. The number of aromatic nitrogens is 6. The molecule has 1 aliphatic rings. The molecule has 1 unspecified atom stereocenters. The molecule has 0 spiro atoms. The van der Waals surface area contributed by atoms with Gasteiger partial charge in [-0.15, -0.1) is 0 Å². The lowest BCUT2D eigenvalue weighted by atomic mass is 10.1. The standard InChI is InChI=1S/C24H22N10O/c25-5-3-19(34-14-18(13-31-34)22-20-4-6-27-23(20)30-16-29-22)15-32-7-9-33(10-8-32)24(35)21-2-1-17(11-26)12-28-21/h1-2,4,6,12-14,16,19H,3,7-10,15H2,(H,27,29,30). The summed E-state index contributed by atoms with van der Waals surface area (Å²) in [7, 11) is 0.